The second kappa shape index (κ2) is 8.91. The highest BCUT2D eigenvalue weighted by atomic mass is 35.5. The summed E-state index contributed by atoms with van der Waals surface area (Å²) in [5, 5.41) is 3.63. The minimum atomic E-state index is -3.89. The summed E-state index contributed by atoms with van der Waals surface area (Å²) >= 11 is 5.96. The molecule has 0 spiro atoms. The second-order valence-electron chi connectivity index (χ2n) is 5.82. The predicted octanol–water partition coefficient (Wildman–Crippen LogP) is 4.99. The van der Waals surface area contributed by atoms with Gasteiger partial charge >= 0.3 is 0 Å². The number of amidine groups is 1. The Morgan fingerprint density at radius 1 is 0.964 bits per heavy atom. The lowest BCUT2D eigenvalue weighted by Crippen LogP contribution is -2.16. The van der Waals surface area contributed by atoms with Crippen LogP contribution in [0.3, 0.4) is 0 Å². The third-order valence-corrected chi connectivity index (χ3v) is 5.34. The van der Waals surface area contributed by atoms with Crippen LogP contribution in [0.15, 0.2) is 88.2 Å². The highest BCUT2D eigenvalue weighted by Crippen LogP contribution is 2.19. The number of ether oxygens (including phenoxy) is 1. The highest BCUT2D eigenvalue weighted by molar-refractivity contribution is 7.90. The van der Waals surface area contributed by atoms with Crippen molar-refractivity contribution in [2.75, 3.05) is 11.9 Å². The first-order valence-corrected chi connectivity index (χ1v) is 10.5. The van der Waals surface area contributed by atoms with Crippen molar-refractivity contribution < 1.29 is 13.2 Å². The van der Waals surface area contributed by atoms with Crippen molar-refractivity contribution in [2.24, 2.45) is 4.40 Å². The highest BCUT2D eigenvalue weighted by Gasteiger charge is 2.15. The first kappa shape index (κ1) is 19.9. The van der Waals surface area contributed by atoms with Gasteiger partial charge in [-0.2, -0.15) is 8.42 Å². The number of hydrogen-bond acceptors (Lipinski definition) is 3. The third-order valence-electron chi connectivity index (χ3n) is 3.80. The van der Waals surface area contributed by atoms with Crippen molar-refractivity contribution in [3.63, 3.8) is 0 Å². The van der Waals surface area contributed by atoms with Gasteiger partial charge in [0.1, 0.15) is 5.75 Å². The molecule has 0 aliphatic rings. The summed E-state index contributed by atoms with van der Waals surface area (Å²) in [6.07, 6.45) is 0. The van der Waals surface area contributed by atoms with Gasteiger partial charge in [-0.15, -0.1) is 4.40 Å². The number of sulfonamides is 1. The van der Waals surface area contributed by atoms with E-state index in [4.69, 9.17) is 16.3 Å². The summed E-state index contributed by atoms with van der Waals surface area (Å²) in [5.74, 6) is 0.930. The first-order chi connectivity index (χ1) is 13.5. The molecule has 0 heterocycles. The van der Waals surface area contributed by atoms with E-state index >= 15 is 0 Å². The third kappa shape index (κ3) is 5.12. The minimum Gasteiger partial charge on any atom is -0.494 e. The molecule has 0 atom stereocenters. The van der Waals surface area contributed by atoms with Gasteiger partial charge in [-0.05, 0) is 67.6 Å². The van der Waals surface area contributed by atoms with Gasteiger partial charge in [-0.25, -0.2) is 0 Å². The van der Waals surface area contributed by atoms with E-state index in [1.54, 1.807) is 66.7 Å². The van der Waals surface area contributed by atoms with Gasteiger partial charge in [0.05, 0.1) is 11.5 Å². The van der Waals surface area contributed by atoms with Crippen LogP contribution < -0.4 is 10.1 Å². The SMILES string of the molecule is CCOc1ccc(N/C(=N\S(=O)(=O)c2ccccc2)c2ccc(Cl)cc2)cc1. The molecule has 1 N–H and O–H groups in total. The number of hydrogen-bond donors (Lipinski definition) is 1. The number of halogens is 1. The van der Waals surface area contributed by atoms with E-state index in [9.17, 15) is 8.42 Å². The summed E-state index contributed by atoms with van der Waals surface area (Å²) in [4.78, 5) is 0.120. The molecule has 0 aliphatic carbocycles. The van der Waals surface area contributed by atoms with Gasteiger partial charge in [0.25, 0.3) is 10.0 Å². The Hall–Kier alpha value is -2.83. The molecule has 3 rings (SSSR count). The normalized spacial score (nSPS) is 11.9. The summed E-state index contributed by atoms with van der Waals surface area (Å²) in [6.45, 7) is 2.48. The van der Waals surface area contributed by atoms with Gasteiger partial charge in [-0.3, -0.25) is 0 Å². The van der Waals surface area contributed by atoms with E-state index in [-0.39, 0.29) is 10.7 Å². The Bertz CT molecular complexity index is 1050. The molecule has 28 heavy (non-hydrogen) atoms. The van der Waals surface area contributed by atoms with Crippen LogP contribution in [0.25, 0.3) is 0 Å². The Labute approximate surface area is 169 Å². The van der Waals surface area contributed by atoms with Gasteiger partial charge in [0.15, 0.2) is 5.84 Å². The number of anilines is 1. The monoisotopic (exact) mass is 414 g/mol. The molecule has 0 saturated heterocycles. The molecule has 0 unspecified atom stereocenters. The molecule has 3 aromatic rings. The maximum Gasteiger partial charge on any atom is 0.284 e. The molecule has 0 saturated carbocycles. The average molecular weight is 415 g/mol. The molecule has 0 fully saturated rings. The molecule has 7 heteroatoms. The van der Waals surface area contributed by atoms with E-state index in [2.05, 4.69) is 9.71 Å². The molecule has 0 aromatic heterocycles. The van der Waals surface area contributed by atoms with Crippen molar-refractivity contribution in [3.8, 4) is 5.75 Å². The zero-order chi connectivity index (χ0) is 20.0. The molecule has 0 radical (unpaired) electrons. The van der Waals surface area contributed by atoms with Gasteiger partial charge in [0.2, 0.25) is 0 Å². The van der Waals surface area contributed by atoms with Crippen LogP contribution in [0.1, 0.15) is 12.5 Å². The Balaban J connectivity index is 1.99. The Morgan fingerprint density at radius 2 is 1.61 bits per heavy atom. The molecule has 5 nitrogen and oxygen atoms in total. The molecule has 144 valence electrons. The summed E-state index contributed by atoms with van der Waals surface area (Å²) < 4.78 is 34.9. The lowest BCUT2D eigenvalue weighted by molar-refractivity contribution is 0.340. The molecular formula is C21H19ClN2O3S. The lowest BCUT2D eigenvalue weighted by atomic mass is 10.2. The Morgan fingerprint density at radius 3 is 2.21 bits per heavy atom. The fraction of sp³-hybridized carbons (Fsp3) is 0.0952. The maximum atomic E-state index is 12.7. The van der Waals surface area contributed by atoms with Crippen LogP contribution in [-0.2, 0) is 10.0 Å². The fourth-order valence-corrected chi connectivity index (χ4v) is 3.58. The van der Waals surface area contributed by atoms with Gasteiger partial charge in [0, 0.05) is 16.3 Å². The molecule has 0 amide bonds. The molecule has 0 aliphatic heterocycles. The largest absolute Gasteiger partial charge is 0.494 e. The predicted molar refractivity (Wildman–Crippen MR) is 113 cm³/mol. The number of benzene rings is 3. The number of nitrogens with one attached hydrogen (secondary N) is 1. The van der Waals surface area contributed by atoms with Crippen LogP contribution in [0.5, 0.6) is 5.75 Å². The lowest BCUT2D eigenvalue weighted by Gasteiger charge is -2.12. The maximum absolute atomic E-state index is 12.7. The van der Waals surface area contributed by atoms with E-state index < -0.39 is 10.0 Å². The van der Waals surface area contributed by atoms with Crippen molar-refractivity contribution in [1.29, 1.82) is 0 Å². The smallest absolute Gasteiger partial charge is 0.284 e. The average Bonchev–Trinajstić information content (AvgIpc) is 2.70. The quantitative estimate of drug-likeness (QED) is 0.456. The van der Waals surface area contributed by atoms with Crippen LogP contribution in [0, 0.1) is 0 Å². The van der Waals surface area contributed by atoms with Gasteiger partial charge < -0.3 is 10.1 Å². The minimum absolute atomic E-state index is 0.120. The zero-order valence-electron chi connectivity index (χ0n) is 15.2. The molecule has 0 bridgehead atoms. The molecular weight excluding hydrogens is 396 g/mol. The van der Waals surface area contributed by atoms with Crippen LogP contribution in [0.4, 0.5) is 5.69 Å². The summed E-state index contributed by atoms with van der Waals surface area (Å²) in [7, 11) is -3.89. The number of nitrogens with zero attached hydrogens (tertiary/aromatic N) is 1. The van der Waals surface area contributed by atoms with E-state index in [0.29, 0.717) is 22.9 Å². The van der Waals surface area contributed by atoms with Gasteiger partial charge in [-0.1, -0.05) is 29.8 Å². The Kier molecular flexibility index (Phi) is 6.34. The second-order valence-corrected chi connectivity index (χ2v) is 7.86. The van der Waals surface area contributed by atoms with E-state index in [1.807, 2.05) is 6.92 Å². The summed E-state index contributed by atoms with van der Waals surface area (Å²) in [6, 6.07) is 22.1. The van der Waals surface area contributed by atoms with Crippen LogP contribution in [0.2, 0.25) is 5.02 Å². The standard InChI is InChI=1S/C21H19ClN2O3S/c1-2-27-19-14-12-18(13-15-19)23-21(16-8-10-17(22)11-9-16)24-28(25,26)20-6-4-3-5-7-20/h3-15H,2H2,1H3,(H,23,24). The van der Waals surface area contributed by atoms with E-state index in [1.165, 1.54) is 12.1 Å². The van der Waals surface area contributed by atoms with E-state index in [0.717, 1.165) is 5.75 Å². The number of rotatable bonds is 6. The fourth-order valence-electron chi connectivity index (χ4n) is 2.46. The summed E-state index contributed by atoms with van der Waals surface area (Å²) in [5.41, 5.74) is 1.28. The first-order valence-electron chi connectivity index (χ1n) is 8.64. The van der Waals surface area contributed by atoms with Crippen molar-refractivity contribution >= 4 is 33.1 Å². The van der Waals surface area contributed by atoms with Crippen LogP contribution in [-0.4, -0.2) is 20.9 Å². The van der Waals surface area contributed by atoms with Crippen molar-refractivity contribution in [2.45, 2.75) is 11.8 Å². The molecule has 3 aromatic carbocycles. The topological polar surface area (TPSA) is 67.8 Å². The van der Waals surface area contributed by atoms with Crippen molar-refractivity contribution in [1.82, 2.24) is 0 Å². The van der Waals surface area contributed by atoms with Crippen LogP contribution >= 0.6 is 11.6 Å². The van der Waals surface area contributed by atoms with Crippen molar-refractivity contribution in [3.05, 3.63) is 89.4 Å². The zero-order valence-corrected chi connectivity index (χ0v) is 16.7.